The summed E-state index contributed by atoms with van der Waals surface area (Å²) >= 11 is 0. The van der Waals surface area contributed by atoms with Crippen LogP contribution < -0.4 is 10.5 Å². The summed E-state index contributed by atoms with van der Waals surface area (Å²) in [6.45, 7) is 4.95. The number of nitrogens with two attached hydrogens (primary N) is 1. The van der Waals surface area contributed by atoms with Crippen LogP contribution in [0.5, 0.6) is 5.75 Å². The molecule has 20 heavy (non-hydrogen) atoms. The van der Waals surface area contributed by atoms with E-state index in [9.17, 15) is 9.18 Å². The molecular formula is C15H22FNO3. The van der Waals surface area contributed by atoms with Crippen molar-refractivity contribution < 1.29 is 19.0 Å². The first kappa shape index (κ1) is 16.4. The summed E-state index contributed by atoms with van der Waals surface area (Å²) in [4.78, 5) is 10.9. The zero-order chi connectivity index (χ0) is 15.3. The van der Waals surface area contributed by atoms with Gasteiger partial charge in [0, 0.05) is 6.04 Å². The third kappa shape index (κ3) is 4.49. The van der Waals surface area contributed by atoms with Crippen LogP contribution in [0.2, 0.25) is 0 Å². The number of carbonyl (C=O) groups is 1. The van der Waals surface area contributed by atoms with Gasteiger partial charge in [-0.2, -0.15) is 0 Å². The molecule has 0 radical (unpaired) electrons. The van der Waals surface area contributed by atoms with E-state index in [0.717, 1.165) is 12.0 Å². The summed E-state index contributed by atoms with van der Waals surface area (Å²) in [6, 6.07) is 4.66. The lowest BCUT2D eigenvalue weighted by molar-refractivity contribution is -0.148. The number of rotatable bonds is 7. The van der Waals surface area contributed by atoms with Crippen LogP contribution in [0.15, 0.2) is 18.2 Å². The smallest absolute Gasteiger partial charge is 0.312 e. The fourth-order valence-electron chi connectivity index (χ4n) is 1.56. The monoisotopic (exact) mass is 283 g/mol. The third-order valence-corrected chi connectivity index (χ3v) is 3.19. The minimum atomic E-state index is -1.06. The molecule has 5 heteroatoms. The number of benzene rings is 1. The van der Waals surface area contributed by atoms with Gasteiger partial charge in [0.25, 0.3) is 0 Å². The molecule has 0 aromatic heterocycles. The molecule has 0 aliphatic carbocycles. The number of ether oxygens (including phenoxy) is 1. The molecule has 0 amide bonds. The van der Waals surface area contributed by atoms with Gasteiger partial charge in [-0.05, 0) is 44.4 Å². The van der Waals surface area contributed by atoms with Gasteiger partial charge in [0.15, 0.2) is 11.6 Å². The molecule has 1 aromatic rings. The number of carboxylic acid groups (broad SMARTS) is 1. The van der Waals surface area contributed by atoms with Gasteiger partial charge < -0.3 is 15.6 Å². The van der Waals surface area contributed by atoms with Gasteiger partial charge in [-0.15, -0.1) is 0 Å². The van der Waals surface area contributed by atoms with Crippen molar-refractivity contribution in [3.63, 3.8) is 0 Å². The Labute approximate surface area is 118 Å². The van der Waals surface area contributed by atoms with Crippen LogP contribution in [-0.4, -0.2) is 23.7 Å². The molecule has 1 atom stereocenters. The first-order valence-corrected chi connectivity index (χ1v) is 6.66. The lowest BCUT2D eigenvalue weighted by Gasteiger charge is -2.20. The molecule has 0 aliphatic heterocycles. The Hall–Kier alpha value is -1.62. The SMILES string of the molecule is CCC(N)Cc1ccc(OCC(C)(C)C(=O)O)c(F)c1. The van der Waals surface area contributed by atoms with Crippen LogP contribution in [0.1, 0.15) is 32.8 Å². The van der Waals surface area contributed by atoms with Crippen LogP contribution in [0, 0.1) is 11.2 Å². The van der Waals surface area contributed by atoms with Gasteiger partial charge in [0.05, 0.1) is 5.41 Å². The Bertz CT molecular complexity index is 474. The average molecular weight is 283 g/mol. The predicted molar refractivity (Wildman–Crippen MR) is 75.3 cm³/mol. The topological polar surface area (TPSA) is 72.5 Å². The van der Waals surface area contributed by atoms with Crippen molar-refractivity contribution in [3.05, 3.63) is 29.6 Å². The largest absolute Gasteiger partial charge is 0.489 e. The minimum absolute atomic E-state index is 0.00659. The zero-order valence-corrected chi connectivity index (χ0v) is 12.1. The fraction of sp³-hybridized carbons (Fsp3) is 0.533. The van der Waals surface area contributed by atoms with Crippen molar-refractivity contribution in [2.24, 2.45) is 11.1 Å². The Morgan fingerprint density at radius 3 is 2.65 bits per heavy atom. The van der Waals surface area contributed by atoms with E-state index >= 15 is 0 Å². The van der Waals surface area contributed by atoms with Crippen molar-refractivity contribution in [1.29, 1.82) is 0 Å². The summed E-state index contributed by atoms with van der Waals surface area (Å²) in [5.41, 5.74) is 5.57. The lowest BCUT2D eigenvalue weighted by Crippen LogP contribution is -2.30. The highest BCUT2D eigenvalue weighted by Gasteiger charge is 2.28. The standard InChI is InChI=1S/C15H22FNO3/c1-4-11(17)7-10-5-6-13(12(16)8-10)20-9-15(2,3)14(18)19/h5-6,8,11H,4,7,9,17H2,1-3H3,(H,18,19). The highest BCUT2D eigenvalue weighted by molar-refractivity contribution is 5.73. The summed E-state index contributed by atoms with van der Waals surface area (Å²) in [6.07, 6.45) is 1.43. The number of halogens is 1. The molecule has 3 N–H and O–H groups in total. The Kier molecular flexibility index (Phi) is 5.51. The third-order valence-electron chi connectivity index (χ3n) is 3.19. The molecule has 0 saturated heterocycles. The van der Waals surface area contributed by atoms with E-state index in [1.54, 1.807) is 6.07 Å². The van der Waals surface area contributed by atoms with E-state index < -0.39 is 17.2 Å². The second-order valence-electron chi connectivity index (χ2n) is 5.61. The van der Waals surface area contributed by atoms with Gasteiger partial charge >= 0.3 is 5.97 Å². The van der Waals surface area contributed by atoms with Gasteiger partial charge in [-0.25, -0.2) is 4.39 Å². The van der Waals surface area contributed by atoms with E-state index in [0.29, 0.717) is 6.42 Å². The van der Waals surface area contributed by atoms with Crippen LogP contribution in [0.3, 0.4) is 0 Å². The van der Waals surface area contributed by atoms with Crippen molar-refractivity contribution in [2.75, 3.05) is 6.61 Å². The first-order chi connectivity index (χ1) is 9.26. The Balaban J connectivity index is 2.71. The van der Waals surface area contributed by atoms with E-state index in [4.69, 9.17) is 15.6 Å². The Morgan fingerprint density at radius 1 is 1.50 bits per heavy atom. The highest BCUT2D eigenvalue weighted by atomic mass is 19.1. The van der Waals surface area contributed by atoms with Crippen molar-refractivity contribution >= 4 is 5.97 Å². The van der Waals surface area contributed by atoms with Gasteiger partial charge in [-0.1, -0.05) is 13.0 Å². The summed E-state index contributed by atoms with van der Waals surface area (Å²) in [5.74, 6) is -1.41. The molecule has 4 nitrogen and oxygen atoms in total. The molecule has 1 aromatic carbocycles. The van der Waals surface area contributed by atoms with Gasteiger partial charge in [0.2, 0.25) is 0 Å². The minimum Gasteiger partial charge on any atom is -0.489 e. The summed E-state index contributed by atoms with van der Waals surface area (Å²) in [5, 5.41) is 8.97. The normalized spacial score (nSPS) is 13.1. The molecule has 112 valence electrons. The number of hydrogen-bond donors (Lipinski definition) is 2. The molecule has 0 fully saturated rings. The second-order valence-corrected chi connectivity index (χ2v) is 5.61. The van der Waals surface area contributed by atoms with E-state index in [-0.39, 0.29) is 18.4 Å². The Morgan fingerprint density at radius 2 is 2.15 bits per heavy atom. The number of aliphatic carboxylic acids is 1. The van der Waals surface area contributed by atoms with Gasteiger partial charge in [-0.3, -0.25) is 4.79 Å². The zero-order valence-electron chi connectivity index (χ0n) is 12.1. The average Bonchev–Trinajstić information content (AvgIpc) is 2.37. The molecule has 1 unspecified atom stereocenters. The summed E-state index contributed by atoms with van der Waals surface area (Å²) in [7, 11) is 0. The van der Waals surface area contributed by atoms with Crippen molar-refractivity contribution in [1.82, 2.24) is 0 Å². The van der Waals surface area contributed by atoms with Crippen LogP contribution >= 0.6 is 0 Å². The van der Waals surface area contributed by atoms with Crippen LogP contribution in [0.4, 0.5) is 4.39 Å². The number of carboxylic acids is 1. The van der Waals surface area contributed by atoms with Gasteiger partial charge in [0.1, 0.15) is 6.61 Å². The first-order valence-electron chi connectivity index (χ1n) is 6.66. The molecular weight excluding hydrogens is 261 g/mol. The molecule has 0 saturated carbocycles. The molecule has 0 heterocycles. The van der Waals surface area contributed by atoms with Crippen LogP contribution in [-0.2, 0) is 11.2 Å². The summed E-state index contributed by atoms with van der Waals surface area (Å²) < 4.78 is 19.1. The van der Waals surface area contributed by atoms with Crippen molar-refractivity contribution in [2.45, 2.75) is 39.7 Å². The molecule has 0 bridgehead atoms. The fourth-order valence-corrected chi connectivity index (χ4v) is 1.56. The van der Waals surface area contributed by atoms with E-state index in [1.165, 1.54) is 26.0 Å². The second kappa shape index (κ2) is 6.70. The predicted octanol–water partition coefficient (Wildman–Crippen LogP) is 2.60. The number of hydrogen-bond acceptors (Lipinski definition) is 3. The maximum atomic E-state index is 13.9. The molecule has 1 rings (SSSR count). The quantitative estimate of drug-likeness (QED) is 0.806. The lowest BCUT2D eigenvalue weighted by atomic mass is 9.95. The van der Waals surface area contributed by atoms with E-state index in [1.807, 2.05) is 6.92 Å². The molecule has 0 aliphatic rings. The van der Waals surface area contributed by atoms with Crippen molar-refractivity contribution in [3.8, 4) is 5.75 Å². The highest BCUT2D eigenvalue weighted by Crippen LogP contribution is 2.23. The maximum absolute atomic E-state index is 13.9. The van der Waals surface area contributed by atoms with E-state index in [2.05, 4.69) is 0 Å². The van der Waals surface area contributed by atoms with Crippen LogP contribution in [0.25, 0.3) is 0 Å². The molecule has 0 spiro atoms. The maximum Gasteiger partial charge on any atom is 0.312 e.